The van der Waals surface area contributed by atoms with Crippen molar-refractivity contribution in [1.29, 1.82) is 0 Å². The average molecular weight is 160 g/mol. The van der Waals surface area contributed by atoms with E-state index in [1.54, 1.807) is 16.8 Å². The van der Waals surface area contributed by atoms with E-state index in [0.29, 0.717) is 11.2 Å². The van der Waals surface area contributed by atoms with Crippen LogP contribution >= 0.6 is 0 Å². The lowest BCUT2D eigenvalue weighted by molar-refractivity contribution is 0.615. The van der Waals surface area contributed by atoms with E-state index in [0.717, 1.165) is 13.2 Å². The third-order valence-electron chi connectivity index (χ3n) is 1.60. The second-order valence-corrected chi connectivity index (χ2v) is 2.61. The van der Waals surface area contributed by atoms with Gasteiger partial charge in [-0.05, 0) is 12.4 Å². The Morgan fingerprint density at radius 2 is 2.33 bits per heavy atom. The molecule has 0 unspecified atom stereocenters. The third kappa shape index (κ3) is 1.08. The fraction of sp³-hybridized carbons (Fsp3) is 0.143. The fourth-order valence-corrected chi connectivity index (χ4v) is 1.09. The Kier molecular flexibility index (Phi) is 1.58. The molecule has 59 valence electrons. The van der Waals surface area contributed by atoms with E-state index in [1.807, 2.05) is 13.1 Å². The molecule has 2 aromatic rings. The van der Waals surface area contributed by atoms with Crippen LogP contribution in [0.25, 0.3) is 5.78 Å². The smallest absolute Gasteiger partial charge is 0.329 e. The van der Waals surface area contributed by atoms with Crippen LogP contribution in [0.3, 0.4) is 0 Å². The topological polar surface area (TPSA) is 50.4 Å². The summed E-state index contributed by atoms with van der Waals surface area (Å²) in [6.07, 6.45) is 5.19. The van der Waals surface area contributed by atoms with Crippen molar-refractivity contribution in [2.45, 2.75) is 6.92 Å². The number of rotatable bonds is 1. The van der Waals surface area contributed by atoms with Gasteiger partial charge in [0.05, 0.1) is 5.69 Å². The van der Waals surface area contributed by atoms with Crippen LogP contribution in [0.15, 0.2) is 18.6 Å². The van der Waals surface area contributed by atoms with Crippen molar-refractivity contribution in [1.82, 2.24) is 14.4 Å². The Labute approximate surface area is 70.2 Å². The van der Waals surface area contributed by atoms with Crippen molar-refractivity contribution >= 4 is 18.7 Å². The molecule has 4 nitrogen and oxygen atoms in total. The van der Waals surface area contributed by atoms with Gasteiger partial charge in [-0.15, -0.1) is 0 Å². The van der Waals surface area contributed by atoms with Crippen LogP contribution in [-0.2, 0) is 0 Å². The van der Waals surface area contributed by atoms with Crippen molar-refractivity contribution in [2.75, 3.05) is 0 Å². The minimum absolute atomic E-state index is 0.651. The molecule has 1 N–H and O–H groups in total. The summed E-state index contributed by atoms with van der Waals surface area (Å²) in [4.78, 5) is 8.18. The zero-order chi connectivity index (χ0) is 8.55. The molecule has 0 aliphatic carbocycles. The summed E-state index contributed by atoms with van der Waals surface area (Å²) in [6.45, 7) is 1.90. The molecule has 0 saturated heterocycles. The first-order valence-electron chi connectivity index (χ1n) is 3.58. The van der Waals surface area contributed by atoms with Crippen molar-refractivity contribution in [3.05, 3.63) is 24.3 Å². The van der Waals surface area contributed by atoms with E-state index in [9.17, 15) is 0 Å². The lowest BCUT2D eigenvalue weighted by Gasteiger charge is -1.93. The second kappa shape index (κ2) is 2.60. The number of fused-ring (bicyclic) bond motifs is 1. The fourth-order valence-electron chi connectivity index (χ4n) is 1.09. The Morgan fingerprint density at radius 1 is 1.50 bits per heavy atom. The molecule has 0 aromatic carbocycles. The molecular weight excluding hydrogens is 153 g/mol. The van der Waals surface area contributed by atoms with E-state index in [2.05, 4.69) is 9.97 Å². The van der Waals surface area contributed by atoms with Crippen molar-refractivity contribution in [3.63, 3.8) is 0 Å². The van der Waals surface area contributed by atoms with Gasteiger partial charge in [0.2, 0.25) is 5.78 Å². The summed E-state index contributed by atoms with van der Waals surface area (Å²) >= 11 is 0. The zero-order valence-corrected chi connectivity index (χ0v) is 6.60. The minimum Gasteiger partial charge on any atom is -0.450 e. The van der Waals surface area contributed by atoms with E-state index < -0.39 is 0 Å². The van der Waals surface area contributed by atoms with Gasteiger partial charge in [0.1, 0.15) is 0 Å². The number of nitrogens with zero attached hydrogens (tertiary/aromatic N) is 3. The molecule has 2 aromatic heterocycles. The number of aromatic nitrogens is 3. The molecular formula is C7H7BN3O. The summed E-state index contributed by atoms with van der Waals surface area (Å²) in [7, 11) is 1.02. The molecule has 0 atom stereocenters. The van der Waals surface area contributed by atoms with E-state index in [1.165, 1.54) is 0 Å². The summed E-state index contributed by atoms with van der Waals surface area (Å²) in [5.41, 5.74) is 1.58. The SMILES string of the molecule is Cc1cn2cc([B]O)cnc2n1. The maximum absolute atomic E-state index is 8.71. The number of hydrogen-bond donors (Lipinski definition) is 1. The van der Waals surface area contributed by atoms with Gasteiger partial charge < -0.3 is 5.02 Å². The van der Waals surface area contributed by atoms with Gasteiger partial charge in [-0.1, -0.05) is 0 Å². The second-order valence-electron chi connectivity index (χ2n) is 2.61. The number of imidazole rings is 1. The van der Waals surface area contributed by atoms with Gasteiger partial charge in [0.25, 0.3) is 0 Å². The molecule has 2 rings (SSSR count). The highest BCUT2D eigenvalue weighted by Gasteiger charge is 1.99. The summed E-state index contributed by atoms with van der Waals surface area (Å²) in [5, 5.41) is 8.71. The molecule has 1 radical (unpaired) electrons. The Bertz CT molecular complexity index is 412. The number of hydrogen-bond acceptors (Lipinski definition) is 3. The lowest BCUT2D eigenvalue weighted by atomic mass is 9.92. The molecule has 0 fully saturated rings. The van der Waals surface area contributed by atoms with Crippen LogP contribution in [0.2, 0.25) is 0 Å². The van der Waals surface area contributed by atoms with Crippen LogP contribution in [0.5, 0.6) is 0 Å². The van der Waals surface area contributed by atoms with Crippen LogP contribution in [0, 0.1) is 6.92 Å². The Morgan fingerprint density at radius 3 is 3.08 bits per heavy atom. The molecule has 0 bridgehead atoms. The van der Waals surface area contributed by atoms with E-state index in [-0.39, 0.29) is 0 Å². The summed E-state index contributed by atoms with van der Waals surface area (Å²) < 4.78 is 1.78. The molecule has 0 aliphatic rings. The van der Waals surface area contributed by atoms with Crippen molar-refractivity contribution in [3.8, 4) is 0 Å². The molecule has 12 heavy (non-hydrogen) atoms. The average Bonchev–Trinajstić information content (AvgIpc) is 2.43. The van der Waals surface area contributed by atoms with E-state index >= 15 is 0 Å². The first kappa shape index (κ1) is 7.30. The van der Waals surface area contributed by atoms with Crippen LogP contribution < -0.4 is 5.46 Å². The summed E-state index contributed by atoms with van der Waals surface area (Å²) in [5.74, 6) is 0.651. The maximum Gasteiger partial charge on any atom is 0.329 e. The molecule has 2 heterocycles. The largest absolute Gasteiger partial charge is 0.450 e. The van der Waals surface area contributed by atoms with Gasteiger partial charge in [0, 0.05) is 18.6 Å². The standard InChI is InChI=1S/C7H7BN3O/c1-5-3-11-4-6(8-12)2-9-7(11)10-5/h2-4,12H,1H3. The molecule has 0 spiro atoms. The van der Waals surface area contributed by atoms with Crippen molar-refractivity contribution < 1.29 is 5.02 Å². The van der Waals surface area contributed by atoms with Gasteiger partial charge in [0.15, 0.2) is 0 Å². The molecule has 0 saturated carbocycles. The lowest BCUT2D eigenvalue weighted by Crippen LogP contribution is -2.15. The van der Waals surface area contributed by atoms with Gasteiger partial charge >= 0.3 is 7.48 Å². The zero-order valence-electron chi connectivity index (χ0n) is 6.60. The first-order chi connectivity index (χ1) is 5.79. The van der Waals surface area contributed by atoms with Crippen LogP contribution in [0.1, 0.15) is 5.69 Å². The van der Waals surface area contributed by atoms with E-state index in [4.69, 9.17) is 5.02 Å². The highest BCUT2D eigenvalue weighted by Crippen LogP contribution is 1.97. The predicted molar refractivity (Wildman–Crippen MR) is 45.3 cm³/mol. The monoisotopic (exact) mass is 160 g/mol. The van der Waals surface area contributed by atoms with Crippen LogP contribution in [-0.4, -0.2) is 26.9 Å². The molecule has 5 heteroatoms. The quantitative estimate of drug-likeness (QED) is 0.559. The molecule has 0 amide bonds. The maximum atomic E-state index is 8.71. The Balaban J connectivity index is 2.66. The first-order valence-corrected chi connectivity index (χ1v) is 3.58. The summed E-state index contributed by atoms with van der Waals surface area (Å²) in [6, 6.07) is 0. The van der Waals surface area contributed by atoms with Crippen LogP contribution in [0.4, 0.5) is 0 Å². The normalized spacial score (nSPS) is 10.5. The highest BCUT2D eigenvalue weighted by atomic mass is 16.2. The highest BCUT2D eigenvalue weighted by molar-refractivity contribution is 6.45. The van der Waals surface area contributed by atoms with Gasteiger partial charge in [-0.25, -0.2) is 9.97 Å². The third-order valence-corrected chi connectivity index (χ3v) is 1.60. The Hall–Kier alpha value is -1.36. The van der Waals surface area contributed by atoms with Gasteiger partial charge in [-0.3, -0.25) is 4.40 Å². The van der Waals surface area contributed by atoms with Gasteiger partial charge in [-0.2, -0.15) is 0 Å². The number of aryl methyl sites for hydroxylation is 1. The minimum atomic E-state index is 0.651. The predicted octanol–water partition coefficient (Wildman–Crippen LogP) is -0.725. The molecule has 0 aliphatic heterocycles. The van der Waals surface area contributed by atoms with Crippen molar-refractivity contribution in [2.24, 2.45) is 0 Å².